The van der Waals surface area contributed by atoms with E-state index in [1.807, 2.05) is 24.3 Å². The summed E-state index contributed by atoms with van der Waals surface area (Å²) >= 11 is 6.14. The molecule has 0 N–H and O–H groups in total. The summed E-state index contributed by atoms with van der Waals surface area (Å²) in [7, 11) is 1.66. The molecule has 104 valence electrons. The molecule has 2 nitrogen and oxygen atoms in total. The maximum atomic E-state index is 12.6. The van der Waals surface area contributed by atoms with Gasteiger partial charge >= 0.3 is 0 Å². The smallest absolute Gasteiger partial charge is 0.169 e. The van der Waals surface area contributed by atoms with Gasteiger partial charge < -0.3 is 4.74 Å². The van der Waals surface area contributed by atoms with Gasteiger partial charge in [0, 0.05) is 18.6 Å². The number of halogens is 1. The van der Waals surface area contributed by atoms with Crippen LogP contribution in [-0.4, -0.2) is 18.5 Å². The molecule has 0 bridgehead atoms. The van der Waals surface area contributed by atoms with Gasteiger partial charge in [-0.1, -0.05) is 55.5 Å². The van der Waals surface area contributed by atoms with Crippen molar-refractivity contribution >= 4 is 17.4 Å². The van der Waals surface area contributed by atoms with Crippen LogP contribution in [0.4, 0.5) is 0 Å². The highest BCUT2D eigenvalue weighted by molar-refractivity contribution is 6.31. The average molecular weight is 281 g/mol. The number of Topliss-reactive ketones (excluding diaryl/α,β-unsaturated/α-hetero) is 1. The van der Waals surface area contributed by atoms with Gasteiger partial charge in [-0.15, -0.1) is 0 Å². The molecular weight excluding hydrogens is 260 g/mol. The number of hydrogen-bond acceptors (Lipinski definition) is 2. The fourth-order valence-electron chi connectivity index (χ4n) is 2.87. The van der Waals surface area contributed by atoms with E-state index < -0.39 is 5.60 Å². The summed E-state index contributed by atoms with van der Waals surface area (Å²) in [5.74, 6) is 0.171. The molecular formula is C16H21ClO2. The SMILES string of the molecule is COC1(C(=O)Cc2ccccc2Cl)CCCCCC1. The van der Waals surface area contributed by atoms with E-state index in [-0.39, 0.29) is 5.78 Å². The van der Waals surface area contributed by atoms with E-state index in [0.29, 0.717) is 11.4 Å². The van der Waals surface area contributed by atoms with Gasteiger partial charge in [0.1, 0.15) is 5.60 Å². The van der Waals surface area contributed by atoms with Crippen molar-refractivity contribution in [1.29, 1.82) is 0 Å². The van der Waals surface area contributed by atoms with Crippen LogP contribution in [0.15, 0.2) is 24.3 Å². The summed E-state index contributed by atoms with van der Waals surface area (Å²) in [5, 5.41) is 0.663. The first kappa shape index (κ1) is 14.5. The van der Waals surface area contributed by atoms with E-state index in [9.17, 15) is 4.79 Å². The van der Waals surface area contributed by atoms with Gasteiger partial charge in [0.15, 0.2) is 5.78 Å². The molecule has 0 unspecified atom stereocenters. The van der Waals surface area contributed by atoms with Gasteiger partial charge in [-0.25, -0.2) is 0 Å². The van der Waals surface area contributed by atoms with E-state index >= 15 is 0 Å². The molecule has 0 aromatic heterocycles. The minimum Gasteiger partial charge on any atom is -0.370 e. The maximum absolute atomic E-state index is 12.6. The molecule has 0 saturated heterocycles. The molecule has 1 aliphatic rings. The van der Waals surface area contributed by atoms with E-state index in [2.05, 4.69) is 0 Å². The molecule has 2 rings (SSSR count). The Morgan fingerprint density at radius 3 is 2.42 bits per heavy atom. The Hall–Kier alpha value is -0.860. The molecule has 1 aliphatic carbocycles. The Morgan fingerprint density at radius 2 is 1.84 bits per heavy atom. The minimum atomic E-state index is -0.588. The molecule has 19 heavy (non-hydrogen) atoms. The zero-order valence-electron chi connectivity index (χ0n) is 11.5. The lowest BCUT2D eigenvalue weighted by Gasteiger charge is -2.30. The number of ether oxygens (including phenoxy) is 1. The van der Waals surface area contributed by atoms with Crippen LogP contribution in [0.25, 0.3) is 0 Å². The van der Waals surface area contributed by atoms with Crippen molar-refractivity contribution in [3.8, 4) is 0 Å². The van der Waals surface area contributed by atoms with Crippen LogP contribution in [0.1, 0.15) is 44.1 Å². The van der Waals surface area contributed by atoms with Crippen LogP contribution in [-0.2, 0) is 16.0 Å². The Morgan fingerprint density at radius 1 is 1.21 bits per heavy atom. The lowest BCUT2D eigenvalue weighted by Crippen LogP contribution is -2.41. The number of carbonyl (C=O) groups excluding carboxylic acids is 1. The van der Waals surface area contributed by atoms with Crippen LogP contribution < -0.4 is 0 Å². The Labute approximate surface area is 120 Å². The fraction of sp³-hybridized carbons (Fsp3) is 0.562. The standard InChI is InChI=1S/C16H21ClO2/c1-19-16(10-6-2-3-7-11-16)15(18)12-13-8-4-5-9-14(13)17/h4-5,8-9H,2-3,6-7,10-12H2,1H3. The highest BCUT2D eigenvalue weighted by Crippen LogP contribution is 2.32. The second-order valence-corrected chi connectivity index (χ2v) is 5.71. The zero-order valence-corrected chi connectivity index (χ0v) is 12.2. The summed E-state index contributed by atoms with van der Waals surface area (Å²) in [6.07, 6.45) is 6.59. The van der Waals surface area contributed by atoms with Crippen LogP contribution in [0.2, 0.25) is 5.02 Å². The van der Waals surface area contributed by atoms with E-state index in [4.69, 9.17) is 16.3 Å². The molecule has 0 atom stereocenters. The predicted octanol–water partition coefficient (Wildman–Crippen LogP) is 4.19. The highest BCUT2D eigenvalue weighted by atomic mass is 35.5. The first-order valence-electron chi connectivity index (χ1n) is 7.00. The molecule has 3 heteroatoms. The summed E-state index contributed by atoms with van der Waals surface area (Å²) < 4.78 is 5.64. The Bertz CT molecular complexity index is 434. The third-order valence-electron chi connectivity index (χ3n) is 4.12. The molecule has 0 aliphatic heterocycles. The summed E-state index contributed by atoms with van der Waals surface area (Å²) in [6.45, 7) is 0. The molecule has 1 aromatic rings. The van der Waals surface area contributed by atoms with Crippen molar-refractivity contribution in [2.24, 2.45) is 0 Å². The van der Waals surface area contributed by atoms with Gasteiger partial charge in [-0.3, -0.25) is 4.79 Å². The first-order chi connectivity index (χ1) is 9.18. The number of benzene rings is 1. The number of ketones is 1. The monoisotopic (exact) mass is 280 g/mol. The van der Waals surface area contributed by atoms with Gasteiger partial charge in [0.05, 0.1) is 0 Å². The molecule has 1 aromatic carbocycles. The van der Waals surface area contributed by atoms with Crippen molar-refractivity contribution in [3.63, 3.8) is 0 Å². The first-order valence-corrected chi connectivity index (χ1v) is 7.38. The largest absolute Gasteiger partial charge is 0.370 e. The molecule has 1 saturated carbocycles. The van der Waals surface area contributed by atoms with Gasteiger partial charge in [-0.05, 0) is 24.5 Å². The van der Waals surface area contributed by atoms with Crippen molar-refractivity contribution in [3.05, 3.63) is 34.9 Å². The number of hydrogen-bond donors (Lipinski definition) is 0. The predicted molar refractivity (Wildman–Crippen MR) is 77.6 cm³/mol. The van der Waals surface area contributed by atoms with Crippen LogP contribution >= 0.6 is 11.6 Å². The van der Waals surface area contributed by atoms with Crippen LogP contribution in [0, 0.1) is 0 Å². The zero-order chi connectivity index (χ0) is 13.7. The van der Waals surface area contributed by atoms with Gasteiger partial charge in [0.25, 0.3) is 0 Å². The van der Waals surface area contributed by atoms with E-state index in [0.717, 1.165) is 31.2 Å². The molecule has 1 fully saturated rings. The lowest BCUT2D eigenvalue weighted by atomic mass is 9.86. The number of carbonyl (C=O) groups is 1. The van der Waals surface area contributed by atoms with Gasteiger partial charge in [0.2, 0.25) is 0 Å². The van der Waals surface area contributed by atoms with Gasteiger partial charge in [-0.2, -0.15) is 0 Å². The molecule has 0 heterocycles. The minimum absolute atomic E-state index is 0.171. The van der Waals surface area contributed by atoms with Crippen molar-refractivity contribution in [1.82, 2.24) is 0 Å². The topological polar surface area (TPSA) is 26.3 Å². The summed E-state index contributed by atoms with van der Waals surface area (Å²) in [6, 6.07) is 7.55. The maximum Gasteiger partial charge on any atom is 0.169 e. The quantitative estimate of drug-likeness (QED) is 0.773. The third-order valence-corrected chi connectivity index (χ3v) is 4.49. The van der Waals surface area contributed by atoms with Crippen molar-refractivity contribution < 1.29 is 9.53 Å². The second-order valence-electron chi connectivity index (χ2n) is 5.30. The summed E-state index contributed by atoms with van der Waals surface area (Å²) in [5.41, 5.74) is 0.310. The lowest BCUT2D eigenvalue weighted by molar-refractivity contribution is -0.142. The third kappa shape index (κ3) is 3.37. The Kier molecular flexibility index (Phi) is 5.00. The van der Waals surface area contributed by atoms with Crippen LogP contribution in [0.3, 0.4) is 0 Å². The summed E-state index contributed by atoms with van der Waals surface area (Å²) in [4.78, 5) is 12.6. The molecule has 0 radical (unpaired) electrons. The normalized spacial score (nSPS) is 18.8. The highest BCUT2D eigenvalue weighted by Gasteiger charge is 2.38. The fourth-order valence-corrected chi connectivity index (χ4v) is 3.07. The number of methoxy groups -OCH3 is 1. The van der Waals surface area contributed by atoms with E-state index in [1.54, 1.807) is 7.11 Å². The molecule has 0 amide bonds. The average Bonchev–Trinajstić information content (AvgIpc) is 2.67. The van der Waals surface area contributed by atoms with Crippen LogP contribution in [0.5, 0.6) is 0 Å². The van der Waals surface area contributed by atoms with Crippen molar-refractivity contribution in [2.75, 3.05) is 7.11 Å². The van der Waals surface area contributed by atoms with Crippen molar-refractivity contribution in [2.45, 2.75) is 50.5 Å². The number of rotatable bonds is 4. The van der Waals surface area contributed by atoms with E-state index in [1.165, 1.54) is 12.8 Å². The Balaban J connectivity index is 2.14. The second kappa shape index (κ2) is 6.53. The molecule has 0 spiro atoms.